The molecule has 3 aromatic rings. The standard InChI is InChI=1S/C30H32Cl2F3N3O4S/c1-4-20(3)36-29(40)27(5-2)37(18-21-11-13-22(31)14-12-21)28(39)19-38(43(41,42)24-9-7-6-8-10-24)23-15-16-26(32)25(17-23)30(33,34)35/h6-17,20,27H,4-5,18-19H2,1-3H3,(H,36,40)/t20-,27+/m0/s1. The number of nitrogens with zero attached hydrogens (tertiary/aromatic N) is 2. The number of amides is 2. The summed E-state index contributed by atoms with van der Waals surface area (Å²) in [5.74, 6) is -1.24. The predicted octanol–water partition coefficient (Wildman–Crippen LogP) is 6.93. The molecular weight excluding hydrogens is 626 g/mol. The molecule has 0 saturated heterocycles. The van der Waals surface area contributed by atoms with Crippen molar-refractivity contribution < 1.29 is 31.2 Å². The van der Waals surface area contributed by atoms with Crippen LogP contribution in [0.1, 0.15) is 44.7 Å². The molecular formula is C30H32Cl2F3N3O4S. The van der Waals surface area contributed by atoms with Crippen LogP contribution >= 0.6 is 23.2 Å². The van der Waals surface area contributed by atoms with Gasteiger partial charge in [0.1, 0.15) is 12.6 Å². The van der Waals surface area contributed by atoms with E-state index in [-0.39, 0.29) is 23.9 Å². The molecule has 13 heteroatoms. The predicted molar refractivity (Wildman–Crippen MR) is 161 cm³/mol. The molecule has 2 atom stereocenters. The highest BCUT2D eigenvalue weighted by molar-refractivity contribution is 7.92. The van der Waals surface area contributed by atoms with E-state index in [0.29, 0.717) is 27.4 Å². The van der Waals surface area contributed by atoms with Crippen LogP contribution in [0.3, 0.4) is 0 Å². The van der Waals surface area contributed by atoms with Crippen LogP contribution in [0.25, 0.3) is 0 Å². The first-order valence-electron chi connectivity index (χ1n) is 13.5. The Morgan fingerprint density at radius 2 is 1.56 bits per heavy atom. The third-order valence-corrected chi connectivity index (χ3v) is 9.18. The second kappa shape index (κ2) is 14.5. The quantitative estimate of drug-likeness (QED) is 0.229. The number of rotatable bonds is 12. The summed E-state index contributed by atoms with van der Waals surface area (Å²) in [5, 5.41) is 2.68. The SMILES string of the molecule is CC[C@H](C(=O)N[C@@H](C)CC)N(Cc1ccc(Cl)cc1)C(=O)CN(c1ccc(Cl)c(C(F)(F)F)c1)S(=O)(=O)c1ccccc1. The van der Waals surface area contributed by atoms with E-state index in [4.69, 9.17) is 23.2 Å². The average molecular weight is 659 g/mol. The number of alkyl halides is 3. The molecule has 2 amide bonds. The molecule has 0 aromatic heterocycles. The molecule has 0 unspecified atom stereocenters. The van der Waals surface area contributed by atoms with E-state index in [1.165, 1.54) is 29.2 Å². The molecule has 0 heterocycles. The summed E-state index contributed by atoms with van der Waals surface area (Å²) in [4.78, 5) is 28.3. The number of carbonyl (C=O) groups excluding carboxylic acids is 2. The van der Waals surface area contributed by atoms with Gasteiger partial charge < -0.3 is 10.2 Å². The summed E-state index contributed by atoms with van der Waals surface area (Å²) in [6.07, 6.45) is -4.07. The summed E-state index contributed by atoms with van der Waals surface area (Å²) in [7, 11) is -4.55. The van der Waals surface area contributed by atoms with Crippen molar-refractivity contribution in [1.29, 1.82) is 0 Å². The lowest BCUT2D eigenvalue weighted by atomic mass is 10.1. The first kappa shape index (κ1) is 34.2. The molecule has 1 N–H and O–H groups in total. The molecule has 0 aliphatic rings. The van der Waals surface area contributed by atoms with Gasteiger partial charge in [-0.1, -0.05) is 67.4 Å². The van der Waals surface area contributed by atoms with Gasteiger partial charge in [0.15, 0.2) is 0 Å². The van der Waals surface area contributed by atoms with Crippen LogP contribution in [-0.4, -0.2) is 43.8 Å². The molecule has 232 valence electrons. The van der Waals surface area contributed by atoms with Gasteiger partial charge in [-0.15, -0.1) is 0 Å². The number of benzene rings is 3. The van der Waals surface area contributed by atoms with Crippen LogP contribution in [0, 0.1) is 0 Å². The first-order chi connectivity index (χ1) is 20.2. The number of nitrogens with one attached hydrogen (secondary N) is 1. The van der Waals surface area contributed by atoms with Gasteiger partial charge in [0.2, 0.25) is 11.8 Å². The lowest BCUT2D eigenvalue weighted by Crippen LogP contribution is -2.53. The van der Waals surface area contributed by atoms with E-state index < -0.39 is 56.9 Å². The highest BCUT2D eigenvalue weighted by Crippen LogP contribution is 2.38. The molecule has 7 nitrogen and oxygen atoms in total. The minimum absolute atomic E-state index is 0.0872. The number of hydrogen-bond donors (Lipinski definition) is 1. The number of anilines is 1. The smallest absolute Gasteiger partial charge is 0.352 e. The van der Waals surface area contributed by atoms with Crippen LogP contribution in [0.15, 0.2) is 77.7 Å². The molecule has 43 heavy (non-hydrogen) atoms. The number of sulfonamides is 1. The fourth-order valence-corrected chi connectivity index (χ4v) is 6.06. The summed E-state index contributed by atoms with van der Waals surface area (Å²) in [6, 6.07) is 15.0. The summed E-state index contributed by atoms with van der Waals surface area (Å²) in [5.41, 5.74) is -1.07. The minimum atomic E-state index is -4.89. The zero-order valence-corrected chi connectivity index (χ0v) is 26.1. The molecule has 0 bridgehead atoms. The maximum absolute atomic E-state index is 14.1. The van der Waals surface area contributed by atoms with Gasteiger partial charge in [-0.2, -0.15) is 13.2 Å². The Hall–Kier alpha value is -3.28. The monoisotopic (exact) mass is 657 g/mol. The molecule has 0 spiro atoms. The second-order valence-corrected chi connectivity index (χ2v) is 12.6. The van der Waals surface area contributed by atoms with Gasteiger partial charge in [0, 0.05) is 17.6 Å². The molecule has 0 fully saturated rings. The maximum Gasteiger partial charge on any atom is 0.417 e. The fourth-order valence-electron chi connectivity index (χ4n) is 4.28. The summed E-state index contributed by atoms with van der Waals surface area (Å²) >= 11 is 11.8. The highest BCUT2D eigenvalue weighted by atomic mass is 35.5. The van der Waals surface area contributed by atoms with Gasteiger partial charge >= 0.3 is 6.18 Å². The van der Waals surface area contributed by atoms with E-state index in [9.17, 15) is 31.2 Å². The normalized spacial score (nSPS) is 13.2. The van der Waals surface area contributed by atoms with Crippen molar-refractivity contribution in [2.75, 3.05) is 10.8 Å². The first-order valence-corrected chi connectivity index (χ1v) is 15.7. The molecule has 3 rings (SSSR count). The largest absolute Gasteiger partial charge is 0.417 e. The van der Waals surface area contributed by atoms with Crippen LogP contribution in [0.4, 0.5) is 18.9 Å². The lowest BCUT2D eigenvalue weighted by Gasteiger charge is -2.34. The van der Waals surface area contributed by atoms with Crippen molar-refractivity contribution in [3.05, 3.63) is 94.0 Å². The van der Waals surface area contributed by atoms with Gasteiger partial charge in [0.25, 0.3) is 10.0 Å². The number of halogens is 5. The van der Waals surface area contributed by atoms with Gasteiger partial charge in [-0.25, -0.2) is 8.42 Å². The third kappa shape index (κ3) is 8.64. The van der Waals surface area contributed by atoms with Gasteiger partial charge in [-0.3, -0.25) is 13.9 Å². The van der Waals surface area contributed by atoms with Crippen molar-refractivity contribution in [2.45, 2.75) is 63.3 Å². The topological polar surface area (TPSA) is 86.8 Å². The van der Waals surface area contributed by atoms with Crippen LogP contribution in [0.2, 0.25) is 10.0 Å². The van der Waals surface area contributed by atoms with Crippen LogP contribution in [-0.2, 0) is 32.3 Å². The maximum atomic E-state index is 14.1. The number of carbonyl (C=O) groups is 2. The van der Waals surface area contributed by atoms with Crippen molar-refractivity contribution in [1.82, 2.24) is 10.2 Å². The summed E-state index contributed by atoms with van der Waals surface area (Å²) < 4.78 is 69.6. The molecule has 0 radical (unpaired) electrons. The fraction of sp³-hybridized carbons (Fsp3) is 0.333. The highest BCUT2D eigenvalue weighted by Gasteiger charge is 2.37. The van der Waals surface area contributed by atoms with Crippen molar-refractivity contribution in [3.8, 4) is 0 Å². The number of hydrogen-bond acceptors (Lipinski definition) is 4. The molecule has 0 aliphatic carbocycles. The molecule has 3 aromatic carbocycles. The Labute approximate surface area is 259 Å². The van der Waals surface area contributed by atoms with Crippen molar-refractivity contribution >= 4 is 50.7 Å². The van der Waals surface area contributed by atoms with E-state index in [1.54, 1.807) is 37.3 Å². The zero-order valence-electron chi connectivity index (χ0n) is 23.7. The summed E-state index contributed by atoms with van der Waals surface area (Å²) in [6.45, 7) is 4.42. The Kier molecular flexibility index (Phi) is 11.5. The Morgan fingerprint density at radius 1 is 0.930 bits per heavy atom. The van der Waals surface area contributed by atoms with E-state index in [2.05, 4.69) is 5.32 Å². The van der Waals surface area contributed by atoms with E-state index >= 15 is 0 Å². The van der Waals surface area contributed by atoms with E-state index in [1.807, 2.05) is 13.8 Å². The zero-order chi connectivity index (χ0) is 31.9. The Balaban J connectivity index is 2.13. The van der Waals surface area contributed by atoms with Gasteiger partial charge in [0.05, 0.1) is 21.2 Å². The Bertz CT molecular complexity index is 1520. The second-order valence-electron chi connectivity index (χ2n) is 9.88. The average Bonchev–Trinajstić information content (AvgIpc) is 2.96. The minimum Gasteiger partial charge on any atom is -0.352 e. The van der Waals surface area contributed by atoms with Crippen molar-refractivity contribution in [2.24, 2.45) is 0 Å². The molecule has 0 aliphatic heterocycles. The van der Waals surface area contributed by atoms with Crippen LogP contribution < -0.4 is 9.62 Å². The van der Waals surface area contributed by atoms with Crippen LogP contribution in [0.5, 0.6) is 0 Å². The lowest BCUT2D eigenvalue weighted by molar-refractivity contribution is -0.140. The van der Waals surface area contributed by atoms with E-state index in [0.717, 1.165) is 12.1 Å². The van der Waals surface area contributed by atoms with Gasteiger partial charge in [-0.05, 0) is 67.8 Å². The third-order valence-electron chi connectivity index (χ3n) is 6.81. The van der Waals surface area contributed by atoms with Crippen molar-refractivity contribution in [3.63, 3.8) is 0 Å². The Morgan fingerprint density at radius 3 is 2.12 bits per heavy atom. The molecule has 0 saturated carbocycles.